The molecule has 0 aromatic carbocycles. The molecule has 1 nitrogen and oxygen atoms in total. The maximum atomic E-state index is 11.7. The lowest BCUT2D eigenvalue weighted by molar-refractivity contribution is 0.293. The minimum atomic E-state index is -2.02. The van der Waals surface area contributed by atoms with Gasteiger partial charge in [-0.1, -0.05) is 39.0 Å². The topological polar surface area (TPSA) is 17.1 Å². The zero-order valence-corrected chi connectivity index (χ0v) is 10.4. The Morgan fingerprint density at radius 1 is 1.50 bits per heavy atom. The average molecular weight is 212 g/mol. The fourth-order valence-corrected chi connectivity index (χ4v) is 2.38. The van der Waals surface area contributed by atoms with Crippen molar-refractivity contribution in [2.24, 2.45) is 11.3 Å². The Balaban J connectivity index is 2.83. The summed E-state index contributed by atoms with van der Waals surface area (Å²) in [6.07, 6.45) is 8.90. The Morgan fingerprint density at radius 2 is 2.07 bits per heavy atom. The summed E-state index contributed by atoms with van der Waals surface area (Å²) in [5, 5.41) is 0. The van der Waals surface area contributed by atoms with Gasteiger partial charge in [-0.15, -0.1) is 0 Å². The Kier molecular flexibility index (Phi) is 2.96. The van der Waals surface area contributed by atoms with Crippen molar-refractivity contribution in [3.8, 4) is 0 Å². The highest BCUT2D eigenvalue weighted by molar-refractivity contribution is 8.03. The van der Waals surface area contributed by atoms with E-state index in [1.165, 1.54) is 0 Å². The molecule has 0 saturated heterocycles. The number of hydrogen-bond acceptors (Lipinski definition) is 1. The predicted octanol–water partition coefficient (Wildman–Crippen LogP) is 2.84. The van der Waals surface area contributed by atoms with Crippen molar-refractivity contribution < 1.29 is 4.21 Å². The fourth-order valence-electron chi connectivity index (χ4n) is 1.56. The van der Waals surface area contributed by atoms with Gasteiger partial charge in [0, 0.05) is 11.2 Å². The highest BCUT2D eigenvalue weighted by Crippen LogP contribution is 2.33. The van der Waals surface area contributed by atoms with Crippen LogP contribution in [0.1, 0.15) is 27.2 Å². The molecule has 0 bridgehead atoms. The number of rotatable bonds is 1. The van der Waals surface area contributed by atoms with Gasteiger partial charge in [0.05, 0.1) is 0 Å². The van der Waals surface area contributed by atoms with E-state index in [-0.39, 0.29) is 5.41 Å². The first kappa shape index (κ1) is 11.6. The summed E-state index contributed by atoms with van der Waals surface area (Å²) >= 11 is 0. The quantitative estimate of drug-likeness (QED) is 0.611. The summed E-state index contributed by atoms with van der Waals surface area (Å²) in [6, 6.07) is 0. The second-order valence-electron chi connectivity index (χ2n) is 5.18. The van der Waals surface area contributed by atoms with E-state index in [2.05, 4.69) is 38.8 Å². The van der Waals surface area contributed by atoms with Crippen molar-refractivity contribution in [2.75, 3.05) is 6.26 Å². The van der Waals surface area contributed by atoms with Gasteiger partial charge >= 0.3 is 0 Å². The molecule has 80 valence electrons. The first-order valence-corrected chi connectivity index (χ1v) is 7.05. The van der Waals surface area contributed by atoms with Gasteiger partial charge in [0.2, 0.25) is 0 Å². The molecule has 0 spiro atoms. The highest BCUT2D eigenvalue weighted by Gasteiger charge is 2.23. The van der Waals surface area contributed by atoms with Crippen LogP contribution in [0.4, 0.5) is 0 Å². The normalized spacial score (nSPS) is 26.9. The molecule has 1 aliphatic carbocycles. The van der Waals surface area contributed by atoms with E-state index in [1.54, 1.807) is 6.26 Å². The summed E-state index contributed by atoms with van der Waals surface area (Å²) in [5.41, 5.74) is 0.286. The van der Waals surface area contributed by atoms with Crippen LogP contribution < -0.4 is 0 Å². The third kappa shape index (κ3) is 2.74. The second kappa shape index (κ2) is 3.58. The summed E-state index contributed by atoms with van der Waals surface area (Å²) in [4.78, 5) is 0.901. The van der Waals surface area contributed by atoms with E-state index < -0.39 is 9.52 Å². The van der Waals surface area contributed by atoms with E-state index >= 15 is 0 Å². The van der Waals surface area contributed by atoms with Gasteiger partial charge in [0.25, 0.3) is 0 Å². The molecular formula is C12H20OS. The van der Waals surface area contributed by atoms with Crippen LogP contribution in [0, 0.1) is 11.3 Å². The standard InChI is InChI=1S/C12H20OS/c1-12(2,3)10-6-8-11(9-7-10)14(4,5)13/h6,8-10H,4,7H2,1-3,5H3. The van der Waals surface area contributed by atoms with Gasteiger partial charge in [-0.05, 0) is 33.1 Å². The largest absolute Gasteiger partial charge is 0.263 e. The van der Waals surface area contributed by atoms with Crippen molar-refractivity contribution in [2.45, 2.75) is 27.2 Å². The van der Waals surface area contributed by atoms with E-state index in [0.29, 0.717) is 5.92 Å². The first-order valence-electron chi connectivity index (χ1n) is 4.92. The maximum absolute atomic E-state index is 11.7. The van der Waals surface area contributed by atoms with Gasteiger partial charge in [0.15, 0.2) is 0 Å². The van der Waals surface area contributed by atoms with Crippen LogP contribution in [0.3, 0.4) is 0 Å². The Bertz CT molecular complexity index is 364. The van der Waals surface area contributed by atoms with E-state index in [1.807, 2.05) is 6.08 Å². The van der Waals surface area contributed by atoms with Gasteiger partial charge < -0.3 is 0 Å². The minimum absolute atomic E-state index is 0.286. The van der Waals surface area contributed by atoms with Gasteiger partial charge in [-0.3, -0.25) is 4.21 Å². The molecule has 0 fully saturated rings. The van der Waals surface area contributed by atoms with Crippen molar-refractivity contribution in [3.63, 3.8) is 0 Å². The summed E-state index contributed by atoms with van der Waals surface area (Å²) < 4.78 is 11.7. The lowest BCUT2D eigenvalue weighted by Gasteiger charge is -2.29. The maximum Gasteiger partial charge on any atom is 0.0259 e. The molecule has 0 aromatic heterocycles. The Labute approximate surface area is 87.9 Å². The zero-order chi connectivity index (χ0) is 11.0. The second-order valence-corrected chi connectivity index (χ2v) is 7.66. The molecule has 2 heteroatoms. The summed E-state index contributed by atoms with van der Waals surface area (Å²) in [7, 11) is -2.02. The van der Waals surface area contributed by atoms with E-state index in [9.17, 15) is 4.21 Å². The molecule has 0 saturated carbocycles. The van der Waals surface area contributed by atoms with E-state index in [4.69, 9.17) is 0 Å². The number of allylic oxidation sites excluding steroid dienone is 3. The van der Waals surface area contributed by atoms with Crippen LogP contribution >= 0.6 is 0 Å². The van der Waals surface area contributed by atoms with Crippen molar-refractivity contribution >= 4 is 15.4 Å². The minimum Gasteiger partial charge on any atom is -0.263 e. The molecule has 0 N–H and O–H groups in total. The zero-order valence-electron chi connectivity index (χ0n) is 9.54. The molecule has 2 unspecified atom stereocenters. The SMILES string of the molecule is C=S(C)(=O)C1=CCC(C(C)(C)C)C=C1. The van der Waals surface area contributed by atoms with Crippen LogP contribution in [-0.2, 0) is 9.52 Å². The molecule has 14 heavy (non-hydrogen) atoms. The summed E-state index contributed by atoms with van der Waals surface area (Å²) in [5.74, 6) is 4.24. The molecule has 0 aliphatic heterocycles. The lowest BCUT2D eigenvalue weighted by Crippen LogP contribution is -2.20. The van der Waals surface area contributed by atoms with Crippen molar-refractivity contribution in [1.29, 1.82) is 0 Å². The predicted molar refractivity (Wildman–Crippen MR) is 66.0 cm³/mol. The monoisotopic (exact) mass is 212 g/mol. The van der Waals surface area contributed by atoms with Crippen molar-refractivity contribution in [3.05, 3.63) is 23.1 Å². The van der Waals surface area contributed by atoms with E-state index in [0.717, 1.165) is 11.3 Å². The van der Waals surface area contributed by atoms with Gasteiger partial charge in [-0.2, -0.15) is 0 Å². The average Bonchev–Trinajstić information content (AvgIpc) is 2.01. The van der Waals surface area contributed by atoms with Crippen LogP contribution in [0.15, 0.2) is 23.1 Å². The molecule has 0 radical (unpaired) electrons. The Morgan fingerprint density at radius 3 is 2.36 bits per heavy atom. The first-order chi connectivity index (χ1) is 6.21. The smallest absolute Gasteiger partial charge is 0.0259 e. The van der Waals surface area contributed by atoms with Crippen LogP contribution in [0.2, 0.25) is 0 Å². The molecule has 1 rings (SSSR count). The molecule has 2 atom stereocenters. The van der Waals surface area contributed by atoms with Crippen LogP contribution in [0.5, 0.6) is 0 Å². The fraction of sp³-hybridized carbons (Fsp3) is 0.583. The molecule has 0 aromatic rings. The van der Waals surface area contributed by atoms with Gasteiger partial charge in [-0.25, -0.2) is 0 Å². The highest BCUT2D eigenvalue weighted by atomic mass is 32.2. The molecule has 0 amide bonds. The lowest BCUT2D eigenvalue weighted by atomic mass is 9.77. The molecule has 0 heterocycles. The molecular weight excluding hydrogens is 192 g/mol. The number of hydrogen-bond donors (Lipinski definition) is 0. The third-order valence-corrected chi connectivity index (χ3v) is 3.98. The van der Waals surface area contributed by atoms with Gasteiger partial charge in [0.1, 0.15) is 0 Å². The van der Waals surface area contributed by atoms with Crippen molar-refractivity contribution in [1.82, 2.24) is 0 Å². The summed E-state index contributed by atoms with van der Waals surface area (Å²) in [6.45, 7) is 6.69. The Hall–Kier alpha value is -0.500. The molecule has 1 aliphatic rings. The van der Waals surface area contributed by atoms with Crippen LogP contribution in [-0.4, -0.2) is 16.3 Å². The third-order valence-electron chi connectivity index (χ3n) is 2.68. The van der Waals surface area contributed by atoms with Crippen LogP contribution in [0.25, 0.3) is 0 Å².